The first-order valence-corrected chi connectivity index (χ1v) is 13.0. The zero-order valence-corrected chi connectivity index (χ0v) is 21.5. The van der Waals surface area contributed by atoms with E-state index in [2.05, 4.69) is 11.9 Å². The number of rotatable bonds is 7. The summed E-state index contributed by atoms with van der Waals surface area (Å²) in [4.78, 5) is 44.0. The van der Waals surface area contributed by atoms with Gasteiger partial charge >= 0.3 is 6.03 Å². The Morgan fingerprint density at radius 2 is 1.85 bits per heavy atom. The van der Waals surface area contributed by atoms with Crippen LogP contribution in [0.1, 0.15) is 24.0 Å². The molecule has 11 heteroatoms. The minimum Gasteiger partial charge on any atom is -0.508 e. The number of carbonyl (C=O) groups excluding carboxylic acids is 3. The van der Waals surface area contributed by atoms with Gasteiger partial charge < -0.3 is 25.0 Å². The highest BCUT2D eigenvalue weighted by atomic mass is 19.1. The largest absolute Gasteiger partial charge is 0.508 e. The average Bonchev–Trinajstić information content (AvgIpc) is 3.44. The second-order valence-corrected chi connectivity index (χ2v) is 9.96. The lowest BCUT2D eigenvalue weighted by molar-refractivity contribution is -0.185. The van der Waals surface area contributed by atoms with Crippen LogP contribution in [-0.2, 0) is 27.3 Å². The summed E-state index contributed by atoms with van der Waals surface area (Å²) in [6.07, 6.45) is 2.51. The Hall–Kier alpha value is -4.12. The van der Waals surface area contributed by atoms with Crippen molar-refractivity contribution >= 4 is 17.8 Å². The number of phenolic OH excluding ortho intramolecular Hbond substituents is 1. The lowest BCUT2D eigenvalue weighted by atomic mass is 9.98. The topological polar surface area (TPSA) is 106 Å². The first-order chi connectivity index (χ1) is 18.8. The molecule has 3 aliphatic heterocycles. The van der Waals surface area contributed by atoms with Gasteiger partial charge in [0.1, 0.15) is 30.3 Å². The van der Waals surface area contributed by atoms with Crippen molar-refractivity contribution < 1.29 is 28.6 Å². The van der Waals surface area contributed by atoms with E-state index >= 15 is 0 Å². The molecule has 0 spiro atoms. The summed E-state index contributed by atoms with van der Waals surface area (Å²) in [5.74, 6) is -0.768. The summed E-state index contributed by atoms with van der Waals surface area (Å²) in [5.41, 5.74) is 1.49. The molecule has 4 amide bonds. The van der Waals surface area contributed by atoms with E-state index in [1.807, 2.05) is 0 Å². The Morgan fingerprint density at radius 1 is 1.13 bits per heavy atom. The second-order valence-electron chi connectivity index (χ2n) is 9.96. The third-order valence-electron chi connectivity index (χ3n) is 7.37. The molecule has 3 saturated heterocycles. The maximum Gasteiger partial charge on any atom is 0.338 e. The van der Waals surface area contributed by atoms with Crippen molar-refractivity contribution in [3.05, 3.63) is 78.3 Å². The quantitative estimate of drug-likeness (QED) is 0.561. The SMILES string of the molecule is C=CN1CC(=O)N2[C@@H](Cc3ccc(O)cc3)C(=O)N(CC3CCCO3)C[C@@H]2N1C(=O)NCc1ccc(F)cc1. The van der Waals surface area contributed by atoms with E-state index in [1.165, 1.54) is 45.4 Å². The number of fused-ring (bicyclic) bond motifs is 1. The zero-order chi connectivity index (χ0) is 27.5. The van der Waals surface area contributed by atoms with Crippen LogP contribution in [0.4, 0.5) is 9.18 Å². The number of urea groups is 1. The van der Waals surface area contributed by atoms with Crippen LogP contribution in [0.2, 0.25) is 0 Å². The molecule has 2 aromatic carbocycles. The summed E-state index contributed by atoms with van der Waals surface area (Å²) in [7, 11) is 0. The maximum absolute atomic E-state index is 13.8. The van der Waals surface area contributed by atoms with Gasteiger partial charge in [0.15, 0.2) is 0 Å². The molecule has 2 N–H and O–H groups in total. The van der Waals surface area contributed by atoms with Crippen LogP contribution in [0.3, 0.4) is 0 Å². The Balaban J connectivity index is 1.44. The maximum atomic E-state index is 13.8. The number of nitrogens with one attached hydrogen (secondary N) is 1. The number of nitrogens with zero attached hydrogens (tertiary/aromatic N) is 4. The van der Waals surface area contributed by atoms with Crippen LogP contribution < -0.4 is 5.32 Å². The van der Waals surface area contributed by atoms with Gasteiger partial charge in [0.25, 0.3) is 0 Å². The molecular weight excluding hydrogens is 505 g/mol. The van der Waals surface area contributed by atoms with Gasteiger partial charge in [0.2, 0.25) is 11.8 Å². The van der Waals surface area contributed by atoms with E-state index in [0.29, 0.717) is 18.7 Å². The number of phenols is 1. The van der Waals surface area contributed by atoms with Gasteiger partial charge in [0.05, 0.1) is 12.6 Å². The monoisotopic (exact) mass is 537 g/mol. The molecular formula is C28H32FN5O5. The molecule has 0 aliphatic carbocycles. The molecule has 0 radical (unpaired) electrons. The molecule has 39 heavy (non-hydrogen) atoms. The second kappa shape index (κ2) is 11.3. The van der Waals surface area contributed by atoms with Crippen LogP contribution >= 0.6 is 0 Å². The van der Waals surface area contributed by atoms with Crippen LogP contribution in [0.25, 0.3) is 0 Å². The van der Waals surface area contributed by atoms with Gasteiger partial charge in [-0.1, -0.05) is 30.8 Å². The Bertz CT molecular complexity index is 1220. The highest BCUT2D eigenvalue weighted by molar-refractivity contribution is 5.91. The van der Waals surface area contributed by atoms with Gasteiger partial charge in [-0.15, -0.1) is 0 Å². The molecule has 3 atom stereocenters. The fourth-order valence-electron chi connectivity index (χ4n) is 5.42. The smallest absolute Gasteiger partial charge is 0.338 e. The highest BCUT2D eigenvalue weighted by Gasteiger charge is 2.51. The van der Waals surface area contributed by atoms with E-state index in [1.54, 1.807) is 29.2 Å². The summed E-state index contributed by atoms with van der Waals surface area (Å²) in [5, 5.41) is 15.4. The number of carbonyl (C=O) groups is 3. The van der Waals surface area contributed by atoms with E-state index < -0.39 is 18.2 Å². The van der Waals surface area contributed by atoms with E-state index in [0.717, 1.165) is 18.4 Å². The van der Waals surface area contributed by atoms with Crippen molar-refractivity contribution in [3.63, 3.8) is 0 Å². The Kier molecular flexibility index (Phi) is 7.69. The zero-order valence-electron chi connectivity index (χ0n) is 21.5. The van der Waals surface area contributed by atoms with Gasteiger partial charge in [-0.05, 0) is 48.2 Å². The molecule has 10 nitrogen and oxygen atoms in total. The summed E-state index contributed by atoms with van der Waals surface area (Å²) >= 11 is 0. The average molecular weight is 538 g/mol. The molecule has 5 rings (SSSR count). The Labute approximate surface area is 226 Å². The molecule has 0 aromatic heterocycles. The normalized spacial score (nSPS) is 23.2. The fraction of sp³-hybridized carbons (Fsp3) is 0.393. The number of aromatic hydroxyl groups is 1. The highest BCUT2D eigenvalue weighted by Crippen LogP contribution is 2.29. The van der Waals surface area contributed by atoms with Gasteiger partial charge in [-0.25, -0.2) is 14.2 Å². The van der Waals surface area contributed by atoms with Crippen molar-refractivity contribution in [2.45, 2.75) is 44.1 Å². The van der Waals surface area contributed by atoms with Gasteiger partial charge in [-0.2, -0.15) is 0 Å². The standard InChI is InChI=1S/C28H32FN5O5/c1-2-32-18-26(36)33-24(14-19-7-11-22(35)12-8-19)27(37)31(16-23-4-3-13-39-23)17-25(33)34(32)28(38)30-15-20-5-9-21(29)10-6-20/h2,5-12,23-25,35H,1,3-4,13-18H2,(H,30,38)/t23?,24-,25-/m0/s1. The number of halogens is 1. The summed E-state index contributed by atoms with van der Waals surface area (Å²) in [6.45, 7) is 4.91. The molecule has 2 aromatic rings. The molecule has 3 heterocycles. The minimum atomic E-state index is -0.846. The number of hydrogen-bond acceptors (Lipinski definition) is 6. The predicted molar refractivity (Wildman–Crippen MR) is 139 cm³/mol. The van der Waals surface area contributed by atoms with Crippen LogP contribution in [0.5, 0.6) is 5.75 Å². The van der Waals surface area contributed by atoms with Gasteiger partial charge in [0, 0.05) is 32.3 Å². The first-order valence-electron chi connectivity index (χ1n) is 13.0. The molecule has 1 unspecified atom stereocenters. The van der Waals surface area contributed by atoms with E-state index in [9.17, 15) is 23.9 Å². The first kappa shape index (κ1) is 26.5. The lowest BCUT2D eigenvalue weighted by Gasteiger charge is -2.55. The minimum absolute atomic E-state index is 0.103. The third kappa shape index (κ3) is 5.68. The van der Waals surface area contributed by atoms with E-state index in [4.69, 9.17) is 4.74 Å². The number of hydrogen-bond donors (Lipinski definition) is 2. The van der Waals surface area contributed by atoms with Crippen LogP contribution in [-0.4, -0.2) is 87.3 Å². The Morgan fingerprint density at radius 3 is 2.51 bits per heavy atom. The van der Waals surface area contributed by atoms with Crippen LogP contribution in [0, 0.1) is 5.82 Å². The van der Waals surface area contributed by atoms with Gasteiger partial charge in [-0.3, -0.25) is 14.6 Å². The summed E-state index contributed by atoms with van der Waals surface area (Å²) < 4.78 is 19.1. The van der Waals surface area contributed by atoms with Crippen LogP contribution in [0.15, 0.2) is 61.3 Å². The third-order valence-corrected chi connectivity index (χ3v) is 7.37. The van der Waals surface area contributed by atoms with Crippen molar-refractivity contribution in [1.29, 1.82) is 0 Å². The molecule has 206 valence electrons. The van der Waals surface area contributed by atoms with Crippen molar-refractivity contribution in [1.82, 2.24) is 25.1 Å². The number of hydrazine groups is 1. The predicted octanol–water partition coefficient (Wildman–Crippen LogP) is 2.20. The number of benzene rings is 2. The molecule has 0 bridgehead atoms. The number of ether oxygens (including phenoxy) is 1. The van der Waals surface area contributed by atoms with Crippen molar-refractivity contribution in [2.75, 3.05) is 26.2 Å². The van der Waals surface area contributed by atoms with Crippen molar-refractivity contribution in [2.24, 2.45) is 0 Å². The molecule has 3 fully saturated rings. The molecule has 3 aliphatic rings. The number of amides is 4. The molecule has 0 saturated carbocycles. The lowest BCUT2D eigenvalue weighted by Crippen LogP contribution is -2.76. The fourth-order valence-corrected chi connectivity index (χ4v) is 5.42. The summed E-state index contributed by atoms with van der Waals surface area (Å²) in [6, 6.07) is 11.0. The van der Waals surface area contributed by atoms with Crippen molar-refractivity contribution in [3.8, 4) is 5.75 Å². The van der Waals surface area contributed by atoms with E-state index in [-0.39, 0.29) is 55.5 Å². The number of piperazine rings is 1.